The standard InChI is InChI=1S/C11H22N2OS/c1-3-7-15-8-11(14)13-10-5-4-6-12-9(10)2/h9-10,12H,3-8H2,1-2H3,(H,13,14). The average molecular weight is 230 g/mol. The smallest absolute Gasteiger partial charge is 0.230 e. The fraction of sp³-hybridized carbons (Fsp3) is 0.909. The van der Waals surface area contributed by atoms with E-state index < -0.39 is 0 Å². The predicted molar refractivity (Wildman–Crippen MR) is 66.2 cm³/mol. The Labute approximate surface area is 96.8 Å². The van der Waals surface area contributed by atoms with Crippen LogP contribution in [0.3, 0.4) is 0 Å². The Morgan fingerprint density at radius 2 is 2.40 bits per heavy atom. The zero-order valence-electron chi connectivity index (χ0n) is 9.71. The van der Waals surface area contributed by atoms with E-state index in [0.29, 0.717) is 17.8 Å². The zero-order chi connectivity index (χ0) is 11.1. The van der Waals surface area contributed by atoms with Gasteiger partial charge in [-0.05, 0) is 38.5 Å². The molecule has 0 aromatic carbocycles. The van der Waals surface area contributed by atoms with E-state index in [2.05, 4.69) is 24.5 Å². The fourth-order valence-electron chi connectivity index (χ4n) is 1.80. The Kier molecular flexibility index (Phi) is 6.10. The Hall–Kier alpha value is -0.220. The normalized spacial score (nSPS) is 26.3. The highest BCUT2D eigenvalue weighted by atomic mass is 32.2. The summed E-state index contributed by atoms with van der Waals surface area (Å²) in [5.41, 5.74) is 0. The van der Waals surface area contributed by atoms with Gasteiger partial charge < -0.3 is 10.6 Å². The molecule has 88 valence electrons. The second-order valence-electron chi connectivity index (χ2n) is 4.11. The van der Waals surface area contributed by atoms with Crippen molar-refractivity contribution >= 4 is 17.7 Å². The van der Waals surface area contributed by atoms with Gasteiger partial charge in [0.05, 0.1) is 5.75 Å². The monoisotopic (exact) mass is 230 g/mol. The van der Waals surface area contributed by atoms with Crippen molar-refractivity contribution < 1.29 is 4.79 Å². The van der Waals surface area contributed by atoms with Crippen molar-refractivity contribution in [3.63, 3.8) is 0 Å². The molecular formula is C11H22N2OS. The average Bonchev–Trinajstić information content (AvgIpc) is 2.22. The number of carbonyl (C=O) groups is 1. The molecule has 1 amide bonds. The van der Waals surface area contributed by atoms with Gasteiger partial charge in [0.2, 0.25) is 5.91 Å². The molecule has 2 unspecified atom stereocenters. The number of piperidine rings is 1. The van der Waals surface area contributed by atoms with Crippen molar-refractivity contribution in [1.29, 1.82) is 0 Å². The molecule has 2 N–H and O–H groups in total. The topological polar surface area (TPSA) is 41.1 Å². The molecule has 0 bridgehead atoms. The number of thioether (sulfide) groups is 1. The molecule has 1 fully saturated rings. The van der Waals surface area contributed by atoms with Crippen molar-refractivity contribution in [3.8, 4) is 0 Å². The van der Waals surface area contributed by atoms with Crippen LogP contribution in [0.1, 0.15) is 33.1 Å². The first-order valence-electron chi connectivity index (χ1n) is 5.84. The first-order valence-corrected chi connectivity index (χ1v) is 7.00. The largest absolute Gasteiger partial charge is 0.351 e. The van der Waals surface area contributed by atoms with E-state index in [1.807, 2.05) is 0 Å². The first-order chi connectivity index (χ1) is 7.24. The second kappa shape index (κ2) is 7.12. The molecule has 1 aliphatic rings. The summed E-state index contributed by atoms with van der Waals surface area (Å²) in [6.07, 6.45) is 3.41. The quantitative estimate of drug-likeness (QED) is 0.701. The van der Waals surface area contributed by atoms with Gasteiger partial charge in [0.15, 0.2) is 0 Å². The second-order valence-corrected chi connectivity index (χ2v) is 5.22. The Balaban J connectivity index is 2.18. The molecule has 4 heteroatoms. The number of carbonyl (C=O) groups excluding carboxylic acids is 1. The van der Waals surface area contributed by atoms with E-state index >= 15 is 0 Å². The summed E-state index contributed by atoms with van der Waals surface area (Å²) in [7, 11) is 0. The van der Waals surface area contributed by atoms with E-state index in [-0.39, 0.29) is 5.91 Å². The lowest BCUT2D eigenvalue weighted by molar-refractivity contribution is -0.119. The molecule has 0 saturated carbocycles. The summed E-state index contributed by atoms with van der Waals surface area (Å²) in [5.74, 6) is 1.87. The van der Waals surface area contributed by atoms with Crippen LogP contribution < -0.4 is 10.6 Å². The van der Waals surface area contributed by atoms with Crippen LogP contribution in [-0.2, 0) is 4.79 Å². The van der Waals surface area contributed by atoms with E-state index in [4.69, 9.17) is 0 Å². The Morgan fingerprint density at radius 1 is 1.60 bits per heavy atom. The molecule has 15 heavy (non-hydrogen) atoms. The predicted octanol–water partition coefficient (Wildman–Crippen LogP) is 1.39. The first kappa shape index (κ1) is 12.8. The minimum Gasteiger partial charge on any atom is -0.351 e. The van der Waals surface area contributed by atoms with E-state index in [1.165, 1.54) is 0 Å². The molecule has 3 nitrogen and oxygen atoms in total. The highest BCUT2D eigenvalue weighted by molar-refractivity contribution is 7.99. The summed E-state index contributed by atoms with van der Waals surface area (Å²) in [6.45, 7) is 5.36. The van der Waals surface area contributed by atoms with Crippen LogP contribution in [0.25, 0.3) is 0 Å². The Morgan fingerprint density at radius 3 is 3.07 bits per heavy atom. The van der Waals surface area contributed by atoms with Gasteiger partial charge in [-0.2, -0.15) is 11.8 Å². The van der Waals surface area contributed by atoms with Gasteiger partial charge in [-0.15, -0.1) is 0 Å². The summed E-state index contributed by atoms with van der Waals surface area (Å²) < 4.78 is 0. The summed E-state index contributed by atoms with van der Waals surface area (Å²) in [5, 5.41) is 6.49. The van der Waals surface area contributed by atoms with Crippen LogP contribution in [0.5, 0.6) is 0 Å². The molecule has 1 aliphatic heterocycles. The van der Waals surface area contributed by atoms with Crippen molar-refractivity contribution in [1.82, 2.24) is 10.6 Å². The number of amides is 1. The van der Waals surface area contributed by atoms with Crippen LogP contribution in [0.4, 0.5) is 0 Å². The van der Waals surface area contributed by atoms with Crippen molar-refractivity contribution in [3.05, 3.63) is 0 Å². The molecule has 1 saturated heterocycles. The fourth-order valence-corrected chi connectivity index (χ4v) is 2.50. The van der Waals surface area contributed by atoms with Gasteiger partial charge in [-0.3, -0.25) is 4.79 Å². The van der Waals surface area contributed by atoms with Gasteiger partial charge in [0.1, 0.15) is 0 Å². The van der Waals surface area contributed by atoms with Gasteiger partial charge in [0, 0.05) is 12.1 Å². The van der Waals surface area contributed by atoms with Gasteiger partial charge in [0.25, 0.3) is 0 Å². The molecule has 2 atom stereocenters. The molecule has 1 rings (SSSR count). The summed E-state index contributed by atoms with van der Waals surface area (Å²) in [4.78, 5) is 11.6. The van der Waals surface area contributed by atoms with Crippen molar-refractivity contribution in [2.75, 3.05) is 18.1 Å². The number of nitrogens with one attached hydrogen (secondary N) is 2. The van der Waals surface area contributed by atoms with Crippen LogP contribution in [0.15, 0.2) is 0 Å². The molecule has 0 aromatic heterocycles. The lowest BCUT2D eigenvalue weighted by Gasteiger charge is -2.30. The third-order valence-corrected chi connectivity index (χ3v) is 3.85. The Bertz CT molecular complexity index is 199. The molecule has 0 radical (unpaired) electrons. The van der Waals surface area contributed by atoms with Gasteiger partial charge in [-0.25, -0.2) is 0 Å². The molecule has 1 heterocycles. The minimum absolute atomic E-state index is 0.189. The molecule has 0 spiro atoms. The summed E-state index contributed by atoms with van der Waals surface area (Å²) in [6, 6.07) is 0.743. The van der Waals surface area contributed by atoms with Crippen molar-refractivity contribution in [2.45, 2.75) is 45.2 Å². The van der Waals surface area contributed by atoms with E-state index in [0.717, 1.165) is 31.6 Å². The van der Waals surface area contributed by atoms with Crippen molar-refractivity contribution in [2.24, 2.45) is 0 Å². The maximum Gasteiger partial charge on any atom is 0.230 e. The number of hydrogen-bond donors (Lipinski definition) is 2. The van der Waals surface area contributed by atoms with Crippen LogP contribution in [0.2, 0.25) is 0 Å². The lowest BCUT2D eigenvalue weighted by Crippen LogP contribution is -2.52. The van der Waals surface area contributed by atoms with Crippen LogP contribution in [-0.4, -0.2) is 36.0 Å². The summed E-state index contributed by atoms with van der Waals surface area (Å²) >= 11 is 1.72. The van der Waals surface area contributed by atoms with Crippen LogP contribution >= 0.6 is 11.8 Å². The third kappa shape index (κ3) is 4.89. The molecule has 0 aliphatic carbocycles. The zero-order valence-corrected chi connectivity index (χ0v) is 10.5. The maximum atomic E-state index is 11.6. The number of hydrogen-bond acceptors (Lipinski definition) is 3. The molecule has 0 aromatic rings. The maximum absolute atomic E-state index is 11.6. The number of rotatable bonds is 5. The van der Waals surface area contributed by atoms with Crippen LogP contribution in [0, 0.1) is 0 Å². The lowest BCUT2D eigenvalue weighted by atomic mass is 10.00. The molecular weight excluding hydrogens is 208 g/mol. The van der Waals surface area contributed by atoms with E-state index in [9.17, 15) is 4.79 Å². The SMILES string of the molecule is CCCSCC(=O)NC1CCCNC1C. The van der Waals surface area contributed by atoms with Gasteiger partial charge in [-0.1, -0.05) is 6.92 Å². The highest BCUT2D eigenvalue weighted by Crippen LogP contribution is 2.09. The third-order valence-electron chi connectivity index (χ3n) is 2.69. The highest BCUT2D eigenvalue weighted by Gasteiger charge is 2.21. The van der Waals surface area contributed by atoms with E-state index in [1.54, 1.807) is 11.8 Å². The minimum atomic E-state index is 0.189. The van der Waals surface area contributed by atoms with Gasteiger partial charge >= 0.3 is 0 Å².